The molecule has 0 aliphatic carbocycles. The summed E-state index contributed by atoms with van der Waals surface area (Å²) in [7, 11) is 0. The third-order valence-corrected chi connectivity index (χ3v) is 4.40. The van der Waals surface area contributed by atoms with Crippen LogP contribution in [0.15, 0.2) is 83.7 Å². The topological polar surface area (TPSA) is 15.6 Å². The maximum atomic E-state index is 4.73. The van der Waals surface area contributed by atoms with E-state index in [1.807, 2.05) is 36.6 Å². The molecule has 1 aliphatic rings. The van der Waals surface area contributed by atoms with E-state index in [0.29, 0.717) is 0 Å². The molecule has 2 aromatic rings. The minimum absolute atomic E-state index is 0.0633. The lowest BCUT2D eigenvalue weighted by atomic mass is 10.1. The van der Waals surface area contributed by atoms with E-state index in [0.717, 1.165) is 12.1 Å². The average Bonchev–Trinajstić information content (AvgIpc) is 2.98. The van der Waals surface area contributed by atoms with Gasteiger partial charge in [0.2, 0.25) is 0 Å². The Morgan fingerprint density at radius 3 is 2.41 bits per heavy atom. The van der Waals surface area contributed by atoms with Crippen molar-refractivity contribution < 1.29 is 0 Å². The van der Waals surface area contributed by atoms with Crippen LogP contribution in [0.3, 0.4) is 0 Å². The number of hydrogen-bond donors (Lipinski definition) is 0. The highest BCUT2D eigenvalue weighted by Gasteiger charge is 2.25. The Balaban J connectivity index is 1.79. The van der Waals surface area contributed by atoms with Crippen molar-refractivity contribution in [2.45, 2.75) is 5.50 Å². The van der Waals surface area contributed by atoms with Gasteiger partial charge in [-0.05, 0) is 16.5 Å². The number of benzene rings is 2. The highest BCUT2D eigenvalue weighted by Crippen LogP contribution is 2.37. The lowest BCUT2D eigenvalue weighted by Crippen LogP contribution is -2.26. The molecular formula is C19H18N2S. The first-order valence-electron chi connectivity index (χ1n) is 7.25. The Morgan fingerprint density at radius 1 is 1.05 bits per heavy atom. The molecule has 2 nitrogen and oxygen atoms in total. The molecule has 0 radical (unpaired) electrons. The fraction of sp³-hybridized carbons (Fsp3) is 0.105. The van der Waals surface area contributed by atoms with Crippen LogP contribution in [0.2, 0.25) is 0 Å². The molecule has 0 aromatic heterocycles. The molecule has 0 fully saturated rings. The molecule has 0 N–H and O–H groups in total. The second-order valence-electron chi connectivity index (χ2n) is 4.96. The molecule has 1 aliphatic heterocycles. The molecule has 110 valence electrons. The monoisotopic (exact) mass is 306 g/mol. The van der Waals surface area contributed by atoms with Gasteiger partial charge in [0.1, 0.15) is 0 Å². The minimum Gasteiger partial charge on any atom is -0.336 e. The molecule has 22 heavy (non-hydrogen) atoms. The molecule has 1 atom stereocenters. The van der Waals surface area contributed by atoms with E-state index in [-0.39, 0.29) is 5.50 Å². The molecular weight excluding hydrogens is 288 g/mol. The number of nitrogens with zero attached hydrogens (tertiary/aromatic N) is 2. The van der Waals surface area contributed by atoms with Crippen molar-refractivity contribution >= 4 is 23.7 Å². The zero-order valence-electron chi connectivity index (χ0n) is 12.3. The third-order valence-electron chi connectivity index (χ3n) is 3.42. The van der Waals surface area contributed by atoms with Gasteiger partial charge in [-0.25, -0.2) is 0 Å². The predicted molar refractivity (Wildman–Crippen MR) is 96.7 cm³/mol. The largest absolute Gasteiger partial charge is 0.336 e. The number of hydrogen-bond acceptors (Lipinski definition) is 3. The van der Waals surface area contributed by atoms with Crippen LogP contribution in [0.4, 0.5) is 0 Å². The Morgan fingerprint density at radius 2 is 1.73 bits per heavy atom. The second-order valence-corrected chi connectivity index (χ2v) is 5.89. The molecule has 0 bridgehead atoms. The highest BCUT2D eigenvalue weighted by atomic mass is 32.2. The summed E-state index contributed by atoms with van der Waals surface area (Å²) in [5.41, 5.74) is 3.61. The maximum Gasteiger partial charge on any atom is 0.173 e. The zero-order valence-corrected chi connectivity index (χ0v) is 13.1. The normalized spacial score (nSPS) is 17.7. The van der Waals surface area contributed by atoms with Gasteiger partial charge in [0, 0.05) is 12.8 Å². The van der Waals surface area contributed by atoms with E-state index in [9.17, 15) is 0 Å². The summed E-state index contributed by atoms with van der Waals surface area (Å²) in [6.07, 6.45) is 3.86. The van der Waals surface area contributed by atoms with Crippen molar-refractivity contribution in [2.75, 3.05) is 6.54 Å². The van der Waals surface area contributed by atoms with Crippen LogP contribution in [-0.4, -0.2) is 23.2 Å². The van der Waals surface area contributed by atoms with Crippen LogP contribution in [0.1, 0.15) is 11.1 Å². The Bertz CT molecular complexity index is 677. The molecule has 0 spiro atoms. The molecule has 1 heterocycles. The van der Waals surface area contributed by atoms with Gasteiger partial charge in [-0.15, -0.1) is 6.58 Å². The summed E-state index contributed by atoms with van der Waals surface area (Å²) in [6.45, 7) is 4.66. The number of rotatable bonds is 5. The van der Waals surface area contributed by atoms with E-state index < -0.39 is 0 Å². The van der Waals surface area contributed by atoms with Crippen molar-refractivity contribution in [2.24, 2.45) is 4.99 Å². The highest BCUT2D eigenvalue weighted by molar-refractivity contribution is 8.03. The molecule has 0 amide bonds. The van der Waals surface area contributed by atoms with Gasteiger partial charge >= 0.3 is 0 Å². The molecule has 3 rings (SSSR count). The van der Waals surface area contributed by atoms with E-state index in [1.54, 1.807) is 11.8 Å². The average molecular weight is 306 g/mol. The smallest absolute Gasteiger partial charge is 0.173 e. The summed E-state index contributed by atoms with van der Waals surface area (Å²) in [5, 5.41) is 2.19. The molecule has 0 saturated carbocycles. The molecule has 1 unspecified atom stereocenters. The van der Waals surface area contributed by atoms with Crippen LogP contribution in [-0.2, 0) is 0 Å². The Hall–Kier alpha value is -2.26. The van der Waals surface area contributed by atoms with Gasteiger partial charge in [0.05, 0.1) is 5.70 Å². The van der Waals surface area contributed by atoms with E-state index in [1.165, 1.54) is 11.3 Å². The molecule has 3 heteroatoms. The summed E-state index contributed by atoms with van der Waals surface area (Å²) in [6, 6.07) is 20.6. The lowest BCUT2D eigenvalue weighted by molar-refractivity contribution is 0.430. The lowest BCUT2D eigenvalue weighted by Gasteiger charge is -2.25. The van der Waals surface area contributed by atoms with Gasteiger partial charge in [0.25, 0.3) is 0 Å². The van der Waals surface area contributed by atoms with Gasteiger partial charge in [-0.1, -0.05) is 78.5 Å². The van der Waals surface area contributed by atoms with Crippen LogP contribution in [0.5, 0.6) is 0 Å². The first-order chi connectivity index (χ1) is 10.9. The Labute approximate surface area is 135 Å². The van der Waals surface area contributed by atoms with Crippen molar-refractivity contribution in [1.82, 2.24) is 4.90 Å². The quantitative estimate of drug-likeness (QED) is 0.591. The van der Waals surface area contributed by atoms with Gasteiger partial charge in [0.15, 0.2) is 5.50 Å². The summed E-state index contributed by atoms with van der Waals surface area (Å²) >= 11 is 1.73. The van der Waals surface area contributed by atoms with Gasteiger partial charge in [-0.3, -0.25) is 4.99 Å². The molecule has 2 aromatic carbocycles. The van der Waals surface area contributed by atoms with Crippen LogP contribution in [0, 0.1) is 0 Å². The van der Waals surface area contributed by atoms with Crippen molar-refractivity contribution in [3.8, 4) is 0 Å². The van der Waals surface area contributed by atoms with Crippen LogP contribution < -0.4 is 0 Å². The van der Waals surface area contributed by atoms with Crippen LogP contribution in [0.25, 0.3) is 5.70 Å². The first kappa shape index (κ1) is 14.7. The summed E-state index contributed by atoms with van der Waals surface area (Å²) in [5.74, 6) is 0. The van der Waals surface area contributed by atoms with Crippen molar-refractivity contribution in [1.29, 1.82) is 0 Å². The van der Waals surface area contributed by atoms with E-state index >= 15 is 0 Å². The first-order valence-corrected chi connectivity index (χ1v) is 8.19. The number of aliphatic imine (C=N–C) groups is 1. The number of thioether (sulfide) groups is 1. The van der Waals surface area contributed by atoms with E-state index in [4.69, 9.17) is 4.99 Å². The maximum absolute atomic E-state index is 4.73. The zero-order chi connectivity index (χ0) is 15.2. The Kier molecular flexibility index (Phi) is 4.76. The van der Waals surface area contributed by atoms with E-state index in [2.05, 4.69) is 53.3 Å². The fourth-order valence-electron chi connectivity index (χ4n) is 2.36. The van der Waals surface area contributed by atoms with Crippen LogP contribution >= 0.6 is 11.8 Å². The SMILES string of the molecule is C=CCN1C(c2ccccc2)=CSC1N=Cc1ccccc1. The molecule has 0 saturated heterocycles. The third kappa shape index (κ3) is 3.31. The standard InChI is InChI=1S/C19H18N2S/c1-2-13-21-18(17-11-7-4-8-12-17)15-22-19(21)20-14-16-9-5-3-6-10-16/h2-12,14-15,19H,1,13H2. The van der Waals surface area contributed by atoms with Gasteiger partial charge in [-0.2, -0.15) is 0 Å². The van der Waals surface area contributed by atoms with Crippen molar-refractivity contribution in [3.63, 3.8) is 0 Å². The van der Waals surface area contributed by atoms with Gasteiger partial charge < -0.3 is 4.90 Å². The van der Waals surface area contributed by atoms with Crippen molar-refractivity contribution in [3.05, 3.63) is 89.9 Å². The second kappa shape index (κ2) is 7.14. The summed E-state index contributed by atoms with van der Waals surface area (Å²) < 4.78 is 0. The predicted octanol–water partition coefficient (Wildman–Crippen LogP) is 4.62. The minimum atomic E-state index is 0.0633. The fourth-order valence-corrected chi connectivity index (χ4v) is 3.36. The summed E-state index contributed by atoms with van der Waals surface area (Å²) in [4.78, 5) is 7.00.